The zero-order valence-corrected chi connectivity index (χ0v) is 10.9. The normalized spacial score (nSPS) is 31.4. The van der Waals surface area contributed by atoms with Gasteiger partial charge < -0.3 is 9.26 Å². The molecule has 2 atom stereocenters. The van der Waals surface area contributed by atoms with E-state index < -0.39 is 0 Å². The molecule has 0 radical (unpaired) electrons. The van der Waals surface area contributed by atoms with Crippen LogP contribution in [0, 0.1) is 22.7 Å². The molecule has 0 saturated heterocycles. The first-order valence-corrected chi connectivity index (χ1v) is 6.34. The molecule has 5 heteroatoms. The Morgan fingerprint density at radius 1 is 1.44 bits per heavy atom. The van der Waals surface area contributed by atoms with Gasteiger partial charge in [0.25, 0.3) is 0 Å². The third-order valence-electron chi connectivity index (χ3n) is 4.63. The van der Waals surface area contributed by atoms with Gasteiger partial charge in [0.1, 0.15) is 5.60 Å². The van der Waals surface area contributed by atoms with Crippen LogP contribution in [0.3, 0.4) is 0 Å². The van der Waals surface area contributed by atoms with Crippen molar-refractivity contribution in [3.05, 3.63) is 11.7 Å². The summed E-state index contributed by atoms with van der Waals surface area (Å²) in [6, 6.07) is 2.31. The van der Waals surface area contributed by atoms with Crippen LogP contribution >= 0.6 is 0 Å². The van der Waals surface area contributed by atoms with E-state index in [1.807, 2.05) is 0 Å². The van der Waals surface area contributed by atoms with Crippen molar-refractivity contribution in [1.29, 1.82) is 5.26 Å². The number of rotatable bonds is 3. The molecular weight excluding hydrogens is 230 g/mol. The highest BCUT2D eigenvalue weighted by molar-refractivity contribution is 5.26. The predicted molar refractivity (Wildman–Crippen MR) is 62.5 cm³/mol. The number of methoxy groups -OCH3 is 1. The molecule has 2 aliphatic rings. The van der Waals surface area contributed by atoms with Crippen molar-refractivity contribution in [2.45, 2.75) is 44.6 Å². The molecule has 0 bridgehead atoms. The van der Waals surface area contributed by atoms with Crippen LogP contribution in [0.25, 0.3) is 0 Å². The van der Waals surface area contributed by atoms with E-state index in [-0.39, 0.29) is 22.9 Å². The molecule has 2 fully saturated rings. The Kier molecular flexibility index (Phi) is 2.30. The summed E-state index contributed by atoms with van der Waals surface area (Å²) in [6.07, 6.45) is 3.02. The lowest BCUT2D eigenvalue weighted by Crippen LogP contribution is -2.37. The van der Waals surface area contributed by atoms with E-state index >= 15 is 0 Å². The van der Waals surface area contributed by atoms with E-state index in [0.717, 1.165) is 19.3 Å². The molecule has 1 aromatic rings. The topological polar surface area (TPSA) is 71.9 Å². The maximum atomic E-state index is 9.08. The van der Waals surface area contributed by atoms with Gasteiger partial charge in [0.2, 0.25) is 11.7 Å². The molecule has 1 heterocycles. The van der Waals surface area contributed by atoms with Crippen LogP contribution in [0.4, 0.5) is 0 Å². The smallest absolute Gasteiger partial charge is 0.231 e. The molecule has 0 N–H and O–H groups in total. The van der Waals surface area contributed by atoms with Crippen LogP contribution in [-0.4, -0.2) is 17.3 Å². The Morgan fingerprint density at radius 3 is 2.61 bits per heavy atom. The van der Waals surface area contributed by atoms with E-state index in [2.05, 4.69) is 30.1 Å². The Balaban J connectivity index is 1.86. The Hall–Kier alpha value is -1.41. The molecule has 1 aromatic heterocycles. The minimum Gasteiger partial charge on any atom is -0.370 e. The average molecular weight is 247 g/mol. The summed E-state index contributed by atoms with van der Waals surface area (Å²) in [4.78, 5) is 4.48. The van der Waals surface area contributed by atoms with Gasteiger partial charge in [0, 0.05) is 7.11 Å². The van der Waals surface area contributed by atoms with Gasteiger partial charge in [-0.05, 0) is 24.7 Å². The van der Waals surface area contributed by atoms with Gasteiger partial charge >= 0.3 is 0 Å². The number of hydrogen-bond acceptors (Lipinski definition) is 5. The van der Waals surface area contributed by atoms with Crippen molar-refractivity contribution in [2.24, 2.45) is 11.3 Å². The van der Waals surface area contributed by atoms with Crippen LogP contribution < -0.4 is 0 Å². The fraction of sp³-hybridized carbons (Fsp3) is 0.769. The lowest BCUT2D eigenvalue weighted by atomic mass is 9.79. The number of ether oxygens (including phenoxy) is 1. The number of nitriles is 1. The van der Waals surface area contributed by atoms with E-state index in [4.69, 9.17) is 14.5 Å². The minimum absolute atomic E-state index is 0.0225. The maximum Gasteiger partial charge on any atom is 0.231 e. The summed E-state index contributed by atoms with van der Waals surface area (Å²) >= 11 is 0. The molecule has 0 amide bonds. The van der Waals surface area contributed by atoms with Gasteiger partial charge in [-0.3, -0.25) is 0 Å². The molecule has 5 nitrogen and oxygen atoms in total. The number of hydrogen-bond donors (Lipinski definition) is 0. The molecule has 2 saturated carbocycles. The van der Waals surface area contributed by atoms with Gasteiger partial charge in [0.05, 0.1) is 17.9 Å². The lowest BCUT2D eigenvalue weighted by Gasteiger charge is -2.37. The fourth-order valence-corrected chi connectivity index (χ4v) is 2.90. The SMILES string of the molecule is COC1(c2noc(C3C(C#N)C3(C)C)n2)CCC1. The second-order valence-electron chi connectivity index (χ2n) is 5.91. The largest absolute Gasteiger partial charge is 0.370 e. The Bertz CT molecular complexity index is 505. The highest BCUT2D eigenvalue weighted by atomic mass is 16.5. The Morgan fingerprint density at radius 2 is 2.17 bits per heavy atom. The molecule has 18 heavy (non-hydrogen) atoms. The Labute approximate surface area is 106 Å². The minimum atomic E-state index is -0.344. The van der Waals surface area contributed by atoms with Crippen molar-refractivity contribution >= 4 is 0 Å². The van der Waals surface area contributed by atoms with E-state index in [1.54, 1.807) is 7.11 Å². The lowest BCUT2D eigenvalue weighted by molar-refractivity contribution is -0.0858. The van der Waals surface area contributed by atoms with E-state index in [0.29, 0.717) is 11.7 Å². The molecule has 3 rings (SSSR count). The molecule has 0 aromatic carbocycles. The molecule has 2 aliphatic carbocycles. The highest BCUT2D eigenvalue weighted by Gasteiger charge is 2.62. The van der Waals surface area contributed by atoms with Crippen molar-refractivity contribution in [2.75, 3.05) is 7.11 Å². The summed E-state index contributed by atoms with van der Waals surface area (Å²) in [5.74, 6) is 1.28. The first-order valence-electron chi connectivity index (χ1n) is 6.34. The number of aromatic nitrogens is 2. The monoisotopic (exact) mass is 247 g/mol. The molecule has 2 unspecified atom stereocenters. The van der Waals surface area contributed by atoms with Crippen molar-refractivity contribution in [1.82, 2.24) is 10.1 Å². The second kappa shape index (κ2) is 3.55. The van der Waals surface area contributed by atoms with Crippen LogP contribution in [0.15, 0.2) is 4.52 Å². The molecule has 96 valence electrons. The molecule has 0 aliphatic heterocycles. The predicted octanol–water partition coefficient (Wildman–Crippen LogP) is 2.36. The standard InChI is InChI=1S/C13H17N3O2/c1-12(2)8(7-14)9(12)10-15-11(16-18-10)13(17-3)5-4-6-13/h8-9H,4-6H2,1-3H3. The summed E-state index contributed by atoms with van der Waals surface area (Å²) < 4.78 is 10.9. The summed E-state index contributed by atoms with van der Waals surface area (Å²) in [6.45, 7) is 4.12. The quantitative estimate of drug-likeness (QED) is 0.819. The van der Waals surface area contributed by atoms with E-state index in [9.17, 15) is 0 Å². The third kappa shape index (κ3) is 1.36. The van der Waals surface area contributed by atoms with Crippen LogP contribution in [0.1, 0.15) is 50.7 Å². The summed E-state index contributed by atoms with van der Waals surface area (Å²) in [5, 5.41) is 13.1. The second-order valence-corrected chi connectivity index (χ2v) is 5.91. The van der Waals surface area contributed by atoms with Crippen LogP contribution in [0.2, 0.25) is 0 Å². The first kappa shape index (κ1) is 11.7. The van der Waals surface area contributed by atoms with Gasteiger partial charge in [-0.25, -0.2) is 0 Å². The molecule has 0 spiro atoms. The zero-order chi connectivity index (χ0) is 13.0. The third-order valence-corrected chi connectivity index (χ3v) is 4.63. The summed E-state index contributed by atoms with van der Waals surface area (Å²) in [7, 11) is 1.69. The zero-order valence-electron chi connectivity index (χ0n) is 10.9. The summed E-state index contributed by atoms with van der Waals surface area (Å²) in [5.41, 5.74) is -0.401. The first-order chi connectivity index (χ1) is 8.55. The van der Waals surface area contributed by atoms with Crippen molar-refractivity contribution in [3.8, 4) is 6.07 Å². The van der Waals surface area contributed by atoms with Gasteiger partial charge in [-0.15, -0.1) is 0 Å². The van der Waals surface area contributed by atoms with Gasteiger partial charge in [-0.2, -0.15) is 10.2 Å². The van der Waals surface area contributed by atoms with Crippen molar-refractivity contribution < 1.29 is 9.26 Å². The van der Waals surface area contributed by atoms with E-state index in [1.165, 1.54) is 0 Å². The average Bonchev–Trinajstić information content (AvgIpc) is 2.64. The number of nitrogens with zero attached hydrogens (tertiary/aromatic N) is 3. The van der Waals surface area contributed by atoms with Crippen molar-refractivity contribution in [3.63, 3.8) is 0 Å². The molecular formula is C13H17N3O2. The van der Waals surface area contributed by atoms with Gasteiger partial charge in [0.15, 0.2) is 0 Å². The maximum absolute atomic E-state index is 9.08. The fourth-order valence-electron chi connectivity index (χ4n) is 2.90. The van der Waals surface area contributed by atoms with Gasteiger partial charge in [-0.1, -0.05) is 19.0 Å². The highest BCUT2D eigenvalue weighted by Crippen LogP contribution is 2.63. The van der Waals surface area contributed by atoms with Crippen LogP contribution in [0.5, 0.6) is 0 Å². The van der Waals surface area contributed by atoms with Crippen LogP contribution in [-0.2, 0) is 10.3 Å².